The average Bonchev–Trinajstić information content (AvgIpc) is 2.49. The molecule has 1 amide bonds. The number of amides is 1. The first-order chi connectivity index (χ1) is 10.1. The summed E-state index contributed by atoms with van der Waals surface area (Å²) in [6.45, 7) is 0. The standard InChI is InChI=1S/C16H17N3O2/c17-12-8-9-13(15(18)20)19-16(12)21-14-7-3-5-10-4-1-2-6-11(10)14/h1-2,4,6,8-9,14H,3,5,7,17H2,(H2,18,20). The van der Waals surface area contributed by atoms with E-state index in [1.54, 1.807) is 6.07 Å². The number of nitrogens with two attached hydrogens (primary N) is 2. The van der Waals surface area contributed by atoms with E-state index in [-0.39, 0.29) is 17.7 Å². The van der Waals surface area contributed by atoms with E-state index in [0.29, 0.717) is 5.69 Å². The third-order valence-corrected chi connectivity index (χ3v) is 3.71. The minimum absolute atomic E-state index is 0.0899. The fourth-order valence-corrected chi connectivity index (χ4v) is 2.65. The van der Waals surface area contributed by atoms with Gasteiger partial charge in [0.25, 0.3) is 5.91 Å². The van der Waals surface area contributed by atoms with Crippen molar-refractivity contribution in [2.45, 2.75) is 25.4 Å². The van der Waals surface area contributed by atoms with Crippen LogP contribution in [0.25, 0.3) is 0 Å². The predicted octanol–water partition coefficient (Wildman–Crippen LogP) is 2.22. The highest BCUT2D eigenvalue weighted by atomic mass is 16.5. The maximum Gasteiger partial charge on any atom is 0.267 e. The second-order valence-corrected chi connectivity index (χ2v) is 5.15. The summed E-state index contributed by atoms with van der Waals surface area (Å²) in [5.41, 5.74) is 14.1. The third kappa shape index (κ3) is 2.67. The number of aryl methyl sites for hydroxylation is 1. The summed E-state index contributed by atoms with van der Waals surface area (Å²) in [6, 6.07) is 11.3. The van der Waals surface area contributed by atoms with Crippen LogP contribution in [0.2, 0.25) is 0 Å². The van der Waals surface area contributed by atoms with E-state index in [1.807, 2.05) is 12.1 Å². The zero-order valence-corrected chi connectivity index (χ0v) is 11.6. The molecule has 0 aliphatic heterocycles. The number of primary amides is 1. The average molecular weight is 283 g/mol. The molecule has 0 saturated heterocycles. The molecule has 5 heteroatoms. The molecule has 4 N–H and O–H groups in total. The molecule has 0 radical (unpaired) electrons. The van der Waals surface area contributed by atoms with Gasteiger partial charge in [0.1, 0.15) is 11.8 Å². The molecule has 2 aromatic rings. The van der Waals surface area contributed by atoms with E-state index in [1.165, 1.54) is 11.6 Å². The first-order valence-electron chi connectivity index (χ1n) is 6.96. The highest BCUT2D eigenvalue weighted by Gasteiger charge is 2.22. The van der Waals surface area contributed by atoms with Gasteiger partial charge in [-0.25, -0.2) is 4.98 Å². The Morgan fingerprint density at radius 3 is 2.86 bits per heavy atom. The van der Waals surface area contributed by atoms with Crippen molar-refractivity contribution < 1.29 is 9.53 Å². The van der Waals surface area contributed by atoms with E-state index in [0.717, 1.165) is 24.8 Å². The van der Waals surface area contributed by atoms with Gasteiger partial charge in [0, 0.05) is 0 Å². The van der Waals surface area contributed by atoms with E-state index in [9.17, 15) is 4.79 Å². The zero-order chi connectivity index (χ0) is 14.8. The van der Waals surface area contributed by atoms with Crippen molar-refractivity contribution in [1.82, 2.24) is 4.98 Å². The van der Waals surface area contributed by atoms with Crippen LogP contribution in [0.1, 0.15) is 40.6 Å². The van der Waals surface area contributed by atoms with Gasteiger partial charge in [-0.2, -0.15) is 0 Å². The highest BCUT2D eigenvalue weighted by molar-refractivity contribution is 5.91. The molecular formula is C16H17N3O2. The molecule has 3 rings (SSSR count). The van der Waals surface area contributed by atoms with Gasteiger partial charge in [0.2, 0.25) is 5.88 Å². The fraction of sp³-hybridized carbons (Fsp3) is 0.250. The lowest BCUT2D eigenvalue weighted by molar-refractivity contribution is 0.0993. The van der Waals surface area contributed by atoms with Crippen molar-refractivity contribution in [2.75, 3.05) is 5.73 Å². The molecule has 1 aromatic heterocycles. The van der Waals surface area contributed by atoms with Crippen LogP contribution >= 0.6 is 0 Å². The van der Waals surface area contributed by atoms with Gasteiger partial charge in [0.05, 0.1) is 5.69 Å². The van der Waals surface area contributed by atoms with Crippen molar-refractivity contribution in [1.29, 1.82) is 0 Å². The number of nitrogen functional groups attached to an aromatic ring is 1. The fourth-order valence-electron chi connectivity index (χ4n) is 2.65. The van der Waals surface area contributed by atoms with Crippen molar-refractivity contribution >= 4 is 11.6 Å². The number of fused-ring (bicyclic) bond motifs is 1. The SMILES string of the molecule is NC(=O)c1ccc(N)c(OC2CCCc3ccccc32)n1. The van der Waals surface area contributed by atoms with Crippen LogP contribution in [0.3, 0.4) is 0 Å². The summed E-state index contributed by atoms with van der Waals surface area (Å²) in [4.78, 5) is 15.3. The Morgan fingerprint density at radius 1 is 1.24 bits per heavy atom. The van der Waals surface area contributed by atoms with Crippen molar-refractivity contribution in [2.24, 2.45) is 5.73 Å². The molecule has 5 nitrogen and oxygen atoms in total. The lowest BCUT2D eigenvalue weighted by Gasteiger charge is -2.26. The Morgan fingerprint density at radius 2 is 2.05 bits per heavy atom. The van der Waals surface area contributed by atoms with Gasteiger partial charge in [0.15, 0.2) is 0 Å². The van der Waals surface area contributed by atoms with Gasteiger partial charge in [-0.1, -0.05) is 24.3 Å². The zero-order valence-electron chi connectivity index (χ0n) is 11.6. The second kappa shape index (κ2) is 5.44. The molecule has 108 valence electrons. The highest BCUT2D eigenvalue weighted by Crippen LogP contribution is 2.34. The minimum atomic E-state index is -0.594. The Labute approximate surface area is 122 Å². The van der Waals surface area contributed by atoms with Crippen LogP contribution in [-0.4, -0.2) is 10.9 Å². The normalized spacial score (nSPS) is 17.0. The van der Waals surface area contributed by atoms with E-state index in [2.05, 4.69) is 17.1 Å². The molecule has 1 atom stereocenters. The van der Waals surface area contributed by atoms with E-state index in [4.69, 9.17) is 16.2 Å². The number of anilines is 1. The molecule has 1 aliphatic rings. The van der Waals surface area contributed by atoms with Crippen LogP contribution in [0.4, 0.5) is 5.69 Å². The van der Waals surface area contributed by atoms with E-state index < -0.39 is 5.91 Å². The largest absolute Gasteiger partial charge is 0.468 e. The van der Waals surface area contributed by atoms with Gasteiger partial charge in [-0.3, -0.25) is 4.79 Å². The molecule has 0 bridgehead atoms. The smallest absolute Gasteiger partial charge is 0.267 e. The summed E-state index contributed by atoms with van der Waals surface area (Å²) in [5.74, 6) is -0.322. The van der Waals surface area contributed by atoms with Crippen LogP contribution in [-0.2, 0) is 6.42 Å². The summed E-state index contributed by atoms with van der Waals surface area (Å²) in [5, 5.41) is 0. The van der Waals surface area contributed by atoms with Crippen LogP contribution in [0.5, 0.6) is 5.88 Å². The molecule has 0 saturated carbocycles. The Bertz CT molecular complexity index is 685. The van der Waals surface area contributed by atoms with E-state index >= 15 is 0 Å². The maximum atomic E-state index is 11.2. The number of rotatable bonds is 3. The first kappa shape index (κ1) is 13.4. The number of aromatic nitrogens is 1. The molecule has 1 aromatic carbocycles. The topological polar surface area (TPSA) is 91.2 Å². The second-order valence-electron chi connectivity index (χ2n) is 5.15. The summed E-state index contributed by atoms with van der Waals surface area (Å²) < 4.78 is 5.96. The summed E-state index contributed by atoms with van der Waals surface area (Å²) >= 11 is 0. The van der Waals surface area contributed by atoms with Gasteiger partial charge >= 0.3 is 0 Å². The number of pyridine rings is 1. The van der Waals surface area contributed by atoms with Crippen LogP contribution in [0, 0.1) is 0 Å². The molecule has 0 spiro atoms. The molecule has 21 heavy (non-hydrogen) atoms. The third-order valence-electron chi connectivity index (χ3n) is 3.71. The lowest BCUT2D eigenvalue weighted by atomic mass is 9.89. The van der Waals surface area contributed by atoms with Gasteiger partial charge in [-0.15, -0.1) is 0 Å². The molecule has 1 heterocycles. The Balaban J connectivity index is 1.91. The number of carbonyl (C=O) groups is 1. The van der Waals surface area contributed by atoms with Crippen LogP contribution < -0.4 is 16.2 Å². The number of hydrogen-bond donors (Lipinski definition) is 2. The monoisotopic (exact) mass is 283 g/mol. The molecule has 1 aliphatic carbocycles. The first-order valence-corrected chi connectivity index (χ1v) is 6.96. The van der Waals surface area contributed by atoms with Gasteiger partial charge in [-0.05, 0) is 42.5 Å². The number of carbonyl (C=O) groups excluding carboxylic acids is 1. The number of hydrogen-bond acceptors (Lipinski definition) is 4. The Hall–Kier alpha value is -2.56. The molecule has 0 fully saturated rings. The summed E-state index contributed by atoms with van der Waals surface area (Å²) in [6.07, 6.45) is 2.92. The quantitative estimate of drug-likeness (QED) is 0.903. The predicted molar refractivity (Wildman–Crippen MR) is 79.9 cm³/mol. The maximum absolute atomic E-state index is 11.2. The lowest BCUT2D eigenvalue weighted by Crippen LogP contribution is -2.18. The summed E-state index contributed by atoms with van der Waals surface area (Å²) in [7, 11) is 0. The van der Waals surface area contributed by atoms with Crippen LogP contribution in [0.15, 0.2) is 36.4 Å². The Kier molecular flexibility index (Phi) is 3.48. The van der Waals surface area contributed by atoms with Gasteiger partial charge < -0.3 is 16.2 Å². The number of benzene rings is 1. The minimum Gasteiger partial charge on any atom is -0.468 e. The van der Waals surface area contributed by atoms with Crippen molar-refractivity contribution in [3.05, 3.63) is 53.2 Å². The number of ether oxygens (including phenoxy) is 1. The van der Waals surface area contributed by atoms with Crippen molar-refractivity contribution in [3.63, 3.8) is 0 Å². The molecule has 1 unspecified atom stereocenters. The van der Waals surface area contributed by atoms with Crippen molar-refractivity contribution in [3.8, 4) is 5.88 Å². The number of nitrogens with zero attached hydrogens (tertiary/aromatic N) is 1. The molecular weight excluding hydrogens is 266 g/mol.